The van der Waals surface area contributed by atoms with Crippen molar-refractivity contribution in [2.24, 2.45) is 0 Å². The Balaban J connectivity index is 0. The number of carboxylic acid groups (broad SMARTS) is 1. The monoisotopic (exact) mass is 237 g/mol. The van der Waals surface area contributed by atoms with Crippen LogP contribution in [-0.4, -0.2) is 23.7 Å². The number of ether oxygens (including phenoxy) is 1. The first-order valence-corrected chi connectivity index (χ1v) is 4.04. The Morgan fingerprint density at radius 2 is 1.77 bits per heavy atom. The van der Waals surface area contributed by atoms with Gasteiger partial charge in [0, 0.05) is 29.9 Å². The van der Waals surface area contributed by atoms with Crippen LogP contribution in [-0.2, 0) is 31.4 Å². The van der Waals surface area contributed by atoms with Crippen LogP contribution in [0.15, 0.2) is 0 Å². The topological polar surface area (TPSA) is 63.6 Å². The van der Waals surface area contributed by atoms with E-state index in [2.05, 4.69) is 4.74 Å². The average Bonchev–Trinajstić information content (AvgIpc) is 1.98. The minimum atomic E-state index is -0.821. The molecule has 0 fully saturated rings. The van der Waals surface area contributed by atoms with Crippen molar-refractivity contribution in [3.05, 3.63) is 0 Å². The zero-order chi connectivity index (χ0) is 9.40. The average molecular weight is 238 g/mol. The Labute approximate surface area is 88.1 Å². The fourth-order valence-electron chi connectivity index (χ4n) is 0.779. The number of carboxylic acids is 1. The molecule has 1 N–H and O–H groups in total. The number of hydrogen-bond acceptors (Lipinski definition) is 3. The maximum absolute atomic E-state index is 10.7. The summed E-state index contributed by atoms with van der Waals surface area (Å²) in [6.07, 6.45) is 1.57. The van der Waals surface area contributed by atoms with E-state index in [1.807, 2.05) is 0 Å². The van der Waals surface area contributed by atoms with Gasteiger partial charge >= 0.3 is 11.9 Å². The van der Waals surface area contributed by atoms with Crippen molar-refractivity contribution in [1.29, 1.82) is 0 Å². The summed E-state index contributed by atoms with van der Waals surface area (Å²) >= 11 is 0. The van der Waals surface area contributed by atoms with Gasteiger partial charge in [-0.2, -0.15) is 0 Å². The molecule has 0 bridgehead atoms. The molecule has 0 unspecified atom stereocenters. The Bertz CT molecular complexity index is 158. The van der Waals surface area contributed by atoms with Crippen molar-refractivity contribution >= 4 is 11.9 Å². The van der Waals surface area contributed by atoms with Crippen LogP contribution < -0.4 is 0 Å². The molecule has 0 saturated heterocycles. The van der Waals surface area contributed by atoms with Gasteiger partial charge in [0.15, 0.2) is 0 Å². The normalized spacial score (nSPS) is 8.69. The number of esters is 1. The number of hydrogen-bond donors (Lipinski definition) is 1. The van der Waals surface area contributed by atoms with E-state index >= 15 is 0 Å². The second kappa shape index (κ2) is 9.55. The molecule has 0 rings (SSSR count). The quantitative estimate of drug-likeness (QED) is 0.428. The SMILES string of the molecule is CCOC(=O)CCCCC(=O)O.[Cu]. The van der Waals surface area contributed by atoms with Crippen molar-refractivity contribution in [2.45, 2.75) is 32.6 Å². The third-order valence-electron chi connectivity index (χ3n) is 1.33. The molecule has 81 valence electrons. The summed E-state index contributed by atoms with van der Waals surface area (Å²) in [5.74, 6) is -1.07. The van der Waals surface area contributed by atoms with Crippen LogP contribution in [0.25, 0.3) is 0 Å². The molecule has 0 saturated carbocycles. The van der Waals surface area contributed by atoms with Gasteiger partial charge in [0.25, 0.3) is 0 Å². The summed E-state index contributed by atoms with van der Waals surface area (Å²) in [7, 11) is 0. The predicted molar refractivity (Wildman–Crippen MR) is 42.7 cm³/mol. The molecule has 13 heavy (non-hydrogen) atoms. The van der Waals surface area contributed by atoms with Crippen LogP contribution in [0.4, 0.5) is 0 Å². The second-order valence-electron chi connectivity index (χ2n) is 2.41. The van der Waals surface area contributed by atoms with E-state index in [0.29, 0.717) is 25.9 Å². The van der Waals surface area contributed by atoms with Crippen LogP contribution in [0.5, 0.6) is 0 Å². The molecule has 0 aromatic heterocycles. The number of rotatable bonds is 6. The van der Waals surface area contributed by atoms with Gasteiger partial charge in [-0.25, -0.2) is 0 Å². The molecule has 0 aliphatic carbocycles. The van der Waals surface area contributed by atoms with Crippen LogP contribution in [0, 0.1) is 0 Å². The molecule has 0 heterocycles. The molecule has 0 aliphatic rings. The van der Waals surface area contributed by atoms with E-state index in [1.54, 1.807) is 6.92 Å². The van der Waals surface area contributed by atoms with Crippen molar-refractivity contribution in [2.75, 3.05) is 6.61 Å². The minimum absolute atomic E-state index is 0. The summed E-state index contributed by atoms with van der Waals surface area (Å²) in [5, 5.41) is 8.27. The maximum Gasteiger partial charge on any atom is 0.305 e. The first-order valence-electron chi connectivity index (χ1n) is 4.04. The third kappa shape index (κ3) is 11.5. The zero-order valence-electron chi connectivity index (χ0n) is 7.51. The molecule has 0 amide bonds. The van der Waals surface area contributed by atoms with Gasteiger partial charge in [0.05, 0.1) is 6.61 Å². The largest absolute Gasteiger partial charge is 0.481 e. The van der Waals surface area contributed by atoms with E-state index in [0.717, 1.165) is 0 Å². The standard InChI is InChI=1S/C8H14O4.Cu/c1-2-12-8(11)6-4-3-5-7(9)10;/h2-6H2,1H3,(H,9,10);. The van der Waals surface area contributed by atoms with Crippen molar-refractivity contribution in [3.63, 3.8) is 0 Å². The van der Waals surface area contributed by atoms with Crippen LogP contribution in [0.2, 0.25) is 0 Å². The zero-order valence-corrected chi connectivity index (χ0v) is 8.45. The summed E-state index contributed by atoms with van der Waals surface area (Å²) < 4.78 is 4.66. The van der Waals surface area contributed by atoms with Crippen molar-refractivity contribution in [3.8, 4) is 0 Å². The van der Waals surface area contributed by atoms with E-state index in [4.69, 9.17) is 5.11 Å². The van der Waals surface area contributed by atoms with Gasteiger partial charge in [-0.1, -0.05) is 0 Å². The first-order chi connectivity index (χ1) is 5.66. The molecule has 4 nitrogen and oxygen atoms in total. The van der Waals surface area contributed by atoms with Gasteiger partial charge < -0.3 is 9.84 Å². The third-order valence-corrected chi connectivity index (χ3v) is 1.33. The molecule has 1 radical (unpaired) electrons. The van der Waals surface area contributed by atoms with Gasteiger partial charge in [0.1, 0.15) is 0 Å². The van der Waals surface area contributed by atoms with Gasteiger partial charge in [-0.05, 0) is 19.8 Å². The molecular formula is C8H14CuO4. The molecule has 0 atom stereocenters. The van der Waals surface area contributed by atoms with Gasteiger partial charge in [-0.3, -0.25) is 9.59 Å². The summed E-state index contributed by atoms with van der Waals surface area (Å²) in [5.41, 5.74) is 0. The van der Waals surface area contributed by atoms with Crippen LogP contribution in [0.3, 0.4) is 0 Å². The van der Waals surface area contributed by atoms with Crippen molar-refractivity contribution < 1.29 is 36.5 Å². The van der Waals surface area contributed by atoms with E-state index in [-0.39, 0.29) is 29.5 Å². The van der Waals surface area contributed by atoms with Gasteiger partial charge in [-0.15, -0.1) is 0 Å². The summed E-state index contributed by atoms with van der Waals surface area (Å²) in [6.45, 7) is 2.13. The maximum atomic E-state index is 10.7. The molecule has 0 aromatic rings. The summed E-state index contributed by atoms with van der Waals surface area (Å²) in [6, 6.07) is 0. The minimum Gasteiger partial charge on any atom is -0.481 e. The van der Waals surface area contributed by atoms with Gasteiger partial charge in [0.2, 0.25) is 0 Å². The number of aliphatic carboxylic acids is 1. The Morgan fingerprint density at radius 3 is 2.23 bits per heavy atom. The Morgan fingerprint density at radius 1 is 1.23 bits per heavy atom. The van der Waals surface area contributed by atoms with E-state index in [1.165, 1.54) is 0 Å². The molecule has 5 heteroatoms. The second-order valence-corrected chi connectivity index (χ2v) is 2.41. The smallest absolute Gasteiger partial charge is 0.305 e. The van der Waals surface area contributed by atoms with Crippen LogP contribution in [0.1, 0.15) is 32.6 Å². The molecule has 0 aliphatic heterocycles. The number of carbonyl (C=O) groups is 2. The Kier molecular flexibility index (Phi) is 11.0. The molecule has 0 spiro atoms. The van der Waals surface area contributed by atoms with Crippen molar-refractivity contribution in [1.82, 2.24) is 0 Å². The Hall–Kier alpha value is -0.541. The molecular weight excluding hydrogens is 224 g/mol. The number of unbranched alkanes of at least 4 members (excludes halogenated alkanes) is 1. The fraction of sp³-hybridized carbons (Fsp3) is 0.750. The number of carbonyl (C=O) groups excluding carboxylic acids is 1. The fourth-order valence-corrected chi connectivity index (χ4v) is 0.779. The van der Waals surface area contributed by atoms with Crippen LogP contribution >= 0.6 is 0 Å². The summed E-state index contributed by atoms with van der Waals surface area (Å²) in [4.78, 5) is 20.8. The molecule has 0 aromatic carbocycles. The van der Waals surface area contributed by atoms with E-state index < -0.39 is 5.97 Å². The predicted octanol–water partition coefficient (Wildman–Crippen LogP) is 1.19. The first kappa shape index (κ1) is 15.0. The van der Waals surface area contributed by atoms with E-state index in [9.17, 15) is 9.59 Å².